The molecule has 0 spiro atoms. The lowest BCUT2D eigenvalue weighted by atomic mass is 9.80. The molecule has 3 N–H and O–H groups in total. The van der Waals surface area contributed by atoms with E-state index in [1.165, 1.54) is 24.3 Å². The molecule has 0 unspecified atom stereocenters. The zero-order chi connectivity index (χ0) is 16.3. The Morgan fingerprint density at radius 2 is 1.73 bits per heavy atom. The number of sulfonamides is 1. The Morgan fingerprint density at radius 3 is 2.27 bits per heavy atom. The maximum Gasteiger partial charge on any atom is 0.488 e. The Labute approximate surface area is 126 Å². The molecule has 2 aromatic rings. The smallest absolute Gasteiger partial charge is 0.423 e. The molecule has 0 aliphatic rings. The van der Waals surface area contributed by atoms with Gasteiger partial charge in [-0.25, -0.2) is 8.42 Å². The molecule has 0 fully saturated rings. The van der Waals surface area contributed by atoms with Gasteiger partial charge in [-0.1, -0.05) is 12.1 Å². The summed E-state index contributed by atoms with van der Waals surface area (Å²) in [5.41, 5.74) is 0.0530. The second-order valence-electron chi connectivity index (χ2n) is 4.36. The third kappa shape index (κ3) is 3.61. The largest absolute Gasteiger partial charge is 0.488 e. The van der Waals surface area contributed by atoms with Crippen LogP contribution in [0.5, 0.6) is 0 Å². The topological polar surface area (TPSA) is 130 Å². The van der Waals surface area contributed by atoms with Crippen molar-refractivity contribution in [3.8, 4) is 0 Å². The maximum atomic E-state index is 12.2. The summed E-state index contributed by atoms with van der Waals surface area (Å²) in [6.07, 6.45) is 0. The fourth-order valence-corrected chi connectivity index (χ4v) is 2.77. The van der Waals surface area contributed by atoms with E-state index in [0.29, 0.717) is 0 Å². The molecule has 0 aromatic heterocycles. The average Bonchev–Trinajstić information content (AvgIpc) is 2.47. The van der Waals surface area contributed by atoms with Crippen molar-refractivity contribution < 1.29 is 23.4 Å². The zero-order valence-corrected chi connectivity index (χ0v) is 11.9. The number of nitro groups is 1. The van der Waals surface area contributed by atoms with Crippen molar-refractivity contribution in [1.82, 2.24) is 0 Å². The van der Waals surface area contributed by atoms with E-state index < -0.39 is 22.1 Å². The number of nitro benzene ring substituents is 1. The molecule has 2 rings (SSSR count). The first-order valence-corrected chi connectivity index (χ1v) is 7.51. The van der Waals surface area contributed by atoms with E-state index in [4.69, 9.17) is 10.0 Å². The summed E-state index contributed by atoms with van der Waals surface area (Å²) >= 11 is 0. The van der Waals surface area contributed by atoms with E-state index in [1.807, 2.05) is 0 Å². The molecule has 0 aliphatic heterocycles. The molecule has 8 nitrogen and oxygen atoms in total. The van der Waals surface area contributed by atoms with Crippen LogP contribution in [0, 0.1) is 10.1 Å². The summed E-state index contributed by atoms with van der Waals surface area (Å²) in [6, 6.07) is 10.0. The second-order valence-corrected chi connectivity index (χ2v) is 6.04. The van der Waals surface area contributed by atoms with Gasteiger partial charge in [-0.15, -0.1) is 0 Å². The molecule has 0 aliphatic carbocycles. The normalized spacial score (nSPS) is 11.0. The SMILES string of the molecule is O=[N+]([O-])c1ccc(S(=O)(=O)Nc2cccc(B(O)O)c2)cc1. The summed E-state index contributed by atoms with van der Waals surface area (Å²) in [6.45, 7) is 0. The highest BCUT2D eigenvalue weighted by Gasteiger charge is 2.17. The van der Waals surface area contributed by atoms with E-state index in [-0.39, 0.29) is 21.7 Å². The Hall–Kier alpha value is -2.43. The lowest BCUT2D eigenvalue weighted by Crippen LogP contribution is -2.30. The minimum Gasteiger partial charge on any atom is -0.423 e. The van der Waals surface area contributed by atoms with Crippen LogP contribution in [0.15, 0.2) is 53.4 Å². The minimum absolute atomic E-state index is 0.129. The van der Waals surface area contributed by atoms with E-state index in [1.54, 1.807) is 0 Å². The van der Waals surface area contributed by atoms with Crippen LogP contribution in [0.25, 0.3) is 0 Å². The van der Waals surface area contributed by atoms with Crippen LogP contribution in [0.4, 0.5) is 11.4 Å². The fraction of sp³-hybridized carbons (Fsp3) is 0. The molecule has 0 bridgehead atoms. The Balaban J connectivity index is 2.27. The van der Waals surface area contributed by atoms with Crippen molar-refractivity contribution in [2.75, 3.05) is 4.72 Å². The molecular weight excluding hydrogens is 311 g/mol. The third-order valence-electron chi connectivity index (χ3n) is 2.79. The van der Waals surface area contributed by atoms with Gasteiger partial charge in [0.25, 0.3) is 15.7 Å². The van der Waals surface area contributed by atoms with Crippen LogP contribution in [0.2, 0.25) is 0 Å². The van der Waals surface area contributed by atoms with E-state index in [0.717, 1.165) is 24.3 Å². The summed E-state index contributed by atoms with van der Waals surface area (Å²) in [4.78, 5) is 9.77. The van der Waals surface area contributed by atoms with E-state index in [9.17, 15) is 18.5 Å². The van der Waals surface area contributed by atoms with Crippen LogP contribution in [-0.2, 0) is 10.0 Å². The van der Waals surface area contributed by atoms with Crippen molar-refractivity contribution in [3.63, 3.8) is 0 Å². The van der Waals surface area contributed by atoms with Gasteiger partial charge in [-0.2, -0.15) is 0 Å². The van der Waals surface area contributed by atoms with Gasteiger partial charge < -0.3 is 10.0 Å². The number of hydrogen-bond donors (Lipinski definition) is 3. The quantitative estimate of drug-likeness (QED) is 0.406. The van der Waals surface area contributed by atoms with Gasteiger partial charge in [0.1, 0.15) is 0 Å². The molecule has 114 valence electrons. The van der Waals surface area contributed by atoms with Crippen molar-refractivity contribution in [2.45, 2.75) is 4.90 Å². The fourth-order valence-electron chi connectivity index (χ4n) is 1.72. The monoisotopic (exact) mass is 322 g/mol. The maximum absolute atomic E-state index is 12.2. The first-order chi connectivity index (χ1) is 10.3. The second kappa shape index (κ2) is 6.14. The van der Waals surface area contributed by atoms with E-state index in [2.05, 4.69) is 4.72 Å². The zero-order valence-electron chi connectivity index (χ0n) is 11.1. The molecule has 0 radical (unpaired) electrons. The van der Waals surface area contributed by atoms with Crippen LogP contribution in [-0.4, -0.2) is 30.5 Å². The van der Waals surface area contributed by atoms with Crippen LogP contribution in [0.1, 0.15) is 0 Å². The van der Waals surface area contributed by atoms with Gasteiger partial charge in [-0.05, 0) is 29.7 Å². The number of benzene rings is 2. The number of anilines is 1. The Bertz CT molecular complexity index is 792. The Kier molecular flexibility index (Phi) is 4.45. The minimum atomic E-state index is -3.93. The van der Waals surface area contributed by atoms with Crippen molar-refractivity contribution in [1.29, 1.82) is 0 Å². The van der Waals surface area contributed by atoms with Gasteiger partial charge in [0, 0.05) is 17.8 Å². The van der Waals surface area contributed by atoms with Crippen molar-refractivity contribution in [3.05, 3.63) is 58.6 Å². The lowest BCUT2D eigenvalue weighted by molar-refractivity contribution is -0.384. The summed E-state index contributed by atoms with van der Waals surface area (Å²) in [5, 5.41) is 28.7. The standard InChI is InChI=1S/C12H11BN2O6S/c16-13(17)9-2-1-3-10(8-9)14-22(20,21)12-6-4-11(5-7-12)15(18)19/h1-8,14,16-17H. The molecule has 10 heteroatoms. The number of nitrogens with one attached hydrogen (secondary N) is 1. The van der Waals surface area contributed by atoms with Gasteiger partial charge in [-0.3, -0.25) is 14.8 Å². The molecule has 22 heavy (non-hydrogen) atoms. The van der Waals surface area contributed by atoms with Gasteiger partial charge in [0.05, 0.1) is 9.82 Å². The van der Waals surface area contributed by atoms with Crippen molar-refractivity contribution >= 4 is 34.0 Å². The van der Waals surface area contributed by atoms with Crippen molar-refractivity contribution in [2.24, 2.45) is 0 Å². The molecule has 0 heterocycles. The first kappa shape index (κ1) is 16.0. The highest BCUT2D eigenvalue weighted by Crippen LogP contribution is 2.18. The number of hydrogen-bond acceptors (Lipinski definition) is 6. The molecular formula is C12H11BN2O6S. The number of non-ortho nitro benzene ring substituents is 1. The van der Waals surface area contributed by atoms with Gasteiger partial charge >= 0.3 is 7.12 Å². The summed E-state index contributed by atoms with van der Waals surface area (Å²) in [7, 11) is -5.65. The average molecular weight is 322 g/mol. The predicted molar refractivity (Wildman–Crippen MR) is 80.2 cm³/mol. The van der Waals surface area contributed by atoms with Gasteiger partial charge in [0.15, 0.2) is 0 Å². The van der Waals surface area contributed by atoms with E-state index >= 15 is 0 Å². The van der Waals surface area contributed by atoms with Crippen LogP contribution in [0.3, 0.4) is 0 Å². The predicted octanol–water partition coefficient (Wildman–Crippen LogP) is 0.0754. The third-order valence-corrected chi connectivity index (χ3v) is 4.19. The first-order valence-electron chi connectivity index (χ1n) is 6.03. The van der Waals surface area contributed by atoms with Crippen LogP contribution < -0.4 is 10.2 Å². The van der Waals surface area contributed by atoms with Crippen LogP contribution >= 0.6 is 0 Å². The molecule has 0 atom stereocenters. The molecule has 0 amide bonds. The molecule has 2 aromatic carbocycles. The number of nitrogens with zero attached hydrogens (tertiary/aromatic N) is 1. The Morgan fingerprint density at radius 1 is 1.09 bits per heavy atom. The molecule has 0 saturated heterocycles. The summed E-state index contributed by atoms with van der Waals surface area (Å²) in [5.74, 6) is 0. The highest BCUT2D eigenvalue weighted by atomic mass is 32.2. The highest BCUT2D eigenvalue weighted by molar-refractivity contribution is 7.92. The number of rotatable bonds is 5. The molecule has 0 saturated carbocycles. The van der Waals surface area contributed by atoms with Gasteiger partial charge in [0.2, 0.25) is 0 Å². The summed E-state index contributed by atoms with van der Waals surface area (Å²) < 4.78 is 26.6. The lowest BCUT2D eigenvalue weighted by Gasteiger charge is -2.09.